The first-order valence-corrected chi connectivity index (χ1v) is 8.79. The molecular formula is C16H14F4INS. The summed E-state index contributed by atoms with van der Waals surface area (Å²) in [6.07, 6.45) is -4.25. The lowest BCUT2D eigenvalue weighted by atomic mass is 10.2. The standard InChI is InChI=1S/C16H14F4INS/c1-10-6-13(17)14(7-15(10)23-9-16(18,19)20)22-8-11-2-4-12(21)5-3-11/h2-7,22H,8-9H2,1H3. The molecule has 0 amide bonds. The van der Waals surface area contributed by atoms with Crippen molar-refractivity contribution in [3.8, 4) is 0 Å². The van der Waals surface area contributed by atoms with Crippen molar-refractivity contribution in [2.24, 2.45) is 0 Å². The van der Waals surface area contributed by atoms with E-state index in [1.807, 2.05) is 24.3 Å². The zero-order valence-electron chi connectivity index (χ0n) is 12.2. The smallest absolute Gasteiger partial charge is 0.379 e. The van der Waals surface area contributed by atoms with Crippen LogP contribution in [0.4, 0.5) is 23.2 Å². The Morgan fingerprint density at radius 2 is 1.78 bits per heavy atom. The summed E-state index contributed by atoms with van der Waals surface area (Å²) in [5.74, 6) is -1.46. The number of benzene rings is 2. The maximum Gasteiger partial charge on any atom is 0.398 e. The molecule has 0 aliphatic heterocycles. The molecule has 0 aliphatic carbocycles. The zero-order chi connectivity index (χ0) is 17.0. The highest BCUT2D eigenvalue weighted by Gasteiger charge is 2.27. The molecule has 0 aliphatic rings. The fraction of sp³-hybridized carbons (Fsp3) is 0.250. The summed E-state index contributed by atoms with van der Waals surface area (Å²) in [5.41, 5.74) is 1.67. The molecule has 0 aromatic heterocycles. The summed E-state index contributed by atoms with van der Waals surface area (Å²) in [7, 11) is 0. The molecule has 7 heteroatoms. The molecular weight excluding hydrogens is 441 g/mol. The molecule has 0 saturated carbocycles. The first-order valence-electron chi connectivity index (χ1n) is 6.72. The Morgan fingerprint density at radius 1 is 1.13 bits per heavy atom. The highest BCUT2D eigenvalue weighted by Crippen LogP contribution is 2.32. The molecule has 2 rings (SSSR count). The van der Waals surface area contributed by atoms with Crippen LogP contribution in [0.2, 0.25) is 0 Å². The second-order valence-electron chi connectivity index (χ2n) is 4.98. The first kappa shape index (κ1) is 18.4. The number of hydrogen-bond donors (Lipinski definition) is 1. The van der Waals surface area contributed by atoms with Gasteiger partial charge < -0.3 is 5.32 Å². The number of rotatable bonds is 5. The molecule has 0 bridgehead atoms. The normalized spacial score (nSPS) is 11.6. The summed E-state index contributed by atoms with van der Waals surface area (Å²) in [6, 6.07) is 10.4. The van der Waals surface area contributed by atoms with Gasteiger partial charge in [0.15, 0.2) is 0 Å². The Bertz CT molecular complexity index is 671. The van der Waals surface area contributed by atoms with Gasteiger partial charge in [-0.3, -0.25) is 0 Å². The van der Waals surface area contributed by atoms with E-state index in [4.69, 9.17) is 0 Å². The zero-order valence-corrected chi connectivity index (χ0v) is 15.2. The molecule has 2 aromatic rings. The lowest BCUT2D eigenvalue weighted by Gasteiger charge is -2.13. The third kappa shape index (κ3) is 5.87. The Hall–Kier alpha value is -0.960. The molecule has 0 heterocycles. The third-order valence-corrected chi connectivity index (χ3v) is 4.99. The minimum Gasteiger partial charge on any atom is -0.379 e. The van der Waals surface area contributed by atoms with Crippen molar-refractivity contribution in [3.63, 3.8) is 0 Å². The van der Waals surface area contributed by atoms with Crippen LogP contribution >= 0.6 is 34.4 Å². The van der Waals surface area contributed by atoms with E-state index in [0.29, 0.717) is 28.8 Å². The fourth-order valence-corrected chi connectivity index (χ4v) is 3.07. The number of aryl methyl sites for hydroxylation is 1. The maximum absolute atomic E-state index is 14.0. The van der Waals surface area contributed by atoms with E-state index in [2.05, 4.69) is 27.9 Å². The monoisotopic (exact) mass is 455 g/mol. The van der Waals surface area contributed by atoms with Crippen LogP contribution in [0.25, 0.3) is 0 Å². The molecule has 0 unspecified atom stereocenters. The van der Waals surface area contributed by atoms with Crippen molar-refractivity contribution in [2.45, 2.75) is 24.5 Å². The van der Waals surface area contributed by atoms with Gasteiger partial charge in [0.2, 0.25) is 0 Å². The van der Waals surface area contributed by atoms with E-state index < -0.39 is 17.7 Å². The topological polar surface area (TPSA) is 12.0 Å². The van der Waals surface area contributed by atoms with E-state index >= 15 is 0 Å². The summed E-state index contributed by atoms with van der Waals surface area (Å²) >= 11 is 2.86. The summed E-state index contributed by atoms with van der Waals surface area (Å²) in [5, 5.41) is 2.94. The predicted molar refractivity (Wildman–Crippen MR) is 94.4 cm³/mol. The molecule has 1 N–H and O–H groups in total. The van der Waals surface area contributed by atoms with Gasteiger partial charge >= 0.3 is 6.18 Å². The van der Waals surface area contributed by atoms with Gasteiger partial charge in [0.1, 0.15) is 5.82 Å². The number of thioether (sulfide) groups is 1. The SMILES string of the molecule is Cc1cc(F)c(NCc2ccc(I)cc2)cc1SCC(F)(F)F. The average Bonchev–Trinajstić information content (AvgIpc) is 2.46. The van der Waals surface area contributed by atoms with Crippen LogP contribution < -0.4 is 5.32 Å². The Balaban J connectivity index is 2.10. The van der Waals surface area contributed by atoms with Crippen LogP contribution in [-0.2, 0) is 6.54 Å². The predicted octanol–water partition coefficient (Wildman–Crippen LogP) is 6.01. The minimum absolute atomic E-state index is 0.207. The summed E-state index contributed by atoms with van der Waals surface area (Å²) < 4.78 is 52.1. The Morgan fingerprint density at radius 3 is 2.39 bits per heavy atom. The van der Waals surface area contributed by atoms with Crippen LogP contribution in [0.3, 0.4) is 0 Å². The van der Waals surface area contributed by atoms with E-state index in [1.54, 1.807) is 6.92 Å². The van der Waals surface area contributed by atoms with Crippen LogP contribution in [0.15, 0.2) is 41.3 Å². The maximum atomic E-state index is 14.0. The molecule has 0 fully saturated rings. The van der Waals surface area contributed by atoms with Crippen molar-refractivity contribution in [1.82, 2.24) is 0 Å². The van der Waals surface area contributed by atoms with E-state index in [1.165, 1.54) is 12.1 Å². The lowest BCUT2D eigenvalue weighted by Crippen LogP contribution is -2.11. The fourth-order valence-electron chi connectivity index (χ4n) is 1.90. The third-order valence-electron chi connectivity index (χ3n) is 3.05. The molecule has 124 valence electrons. The van der Waals surface area contributed by atoms with Crippen molar-refractivity contribution in [1.29, 1.82) is 0 Å². The van der Waals surface area contributed by atoms with E-state index in [9.17, 15) is 17.6 Å². The quantitative estimate of drug-likeness (QED) is 0.337. The number of anilines is 1. The molecule has 0 atom stereocenters. The van der Waals surface area contributed by atoms with Gasteiger partial charge in [-0.15, -0.1) is 11.8 Å². The van der Waals surface area contributed by atoms with Gasteiger partial charge in [-0.1, -0.05) is 12.1 Å². The molecule has 0 radical (unpaired) electrons. The van der Waals surface area contributed by atoms with Gasteiger partial charge in [0.25, 0.3) is 0 Å². The highest BCUT2D eigenvalue weighted by molar-refractivity contribution is 14.1. The molecule has 1 nitrogen and oxygen atoms in total. The van der Waals surface area contributed by atoms with Gasteiger partial charge in [0.05, 0.1) is 11.4 Å². The molecule has 0 saturated heterocycles. The Kier molecular flexibility index (Phi) is 6.19. The van der Waals surface area contributed by atoms with Crippen molar-refractivity contribution in [2.75, 3.05) is 11.1 Å². The molecule has 2 aromatic carbocycles. The van der Waals surface area contributed by atoms with Crippen LogP contribution in [0, 0.1) is 16.3 Å². The lowest BCUT2D eigenvalue weighted by molar-refractivity contribution is -0.105. The second-order valence-corrected chi connectivity index (χ2v) is 7.24. The first-order chi connectivity index (χ1) is 10.7. The van der Waals surface area contributed by atoms with Gasteiger partial charge in [-0.05, 0) is 64.9 Å². The molecule has 23 heavy (non-hydrogen) atoms. The van der Waals surface area contributed by atoms with E-state index in [0.717, 1.165) is 9.13 Å². The van der Waals surface area contributed by atoms with Crippen molar-refractivity contribution in [3.05, 3.63) is 56.9 Å². The van der Waals surface area contributed by atoms with Gasteiger partial charge in [0, 0.05) is 15.0 Å². The molecule has 0 spiro atoms. The van der Waals surface area contributed by atoms with Gasteiger partial charge in [-0.25, -0.2) is 4.39 Å². The van der Waals surface area contributed by atoms with Crippen molar-refractivity contribution >= 4 is 40.0 Å². The summed E-state index contributed by atoms with van der Waals surface area (Å²) in [4.78, 5) is 0.425. The van der Waals surface area contributed by atoms with Crippen LogP contribution in [0.1, 0.15) is 11.1 Å². The van der Waals surface area contributed by atoms with Crippen molar-refractivity contribution < 1.29 is 17.6 Å². The Labute approximate surface area is 150 Å². The van der Waals surface area contributed by atoms with Crippen LogP contribution in [-0.4, -0.2) is 11.9 Å². The highest BCUT2D eigenvalue weighted by atomic mass is 127. The van der Waals surface area contributed by atoms with Gasteiger partial charge in [-0.2, -0.15) is 13.2 Å². The number of halogens is 5. The second kappa shape index (κ2) is 7.74. The summed E-state index contributed by atoms with van der Waals surface area (Å²) in [6.45, 7) is 2.00. The number of hydrogen-bond acceptors (Lipinski definition) is 2. The number of nitrogens with one attached hydrogen (secondary N) is 1. The average molecular weight is 455 g/mol. The number of alkyl halides is 3. The van der Waals surface area contributed by atoms with E-state index in [-0.39, 0.29) is 5.69 Å². The van der Waals surface area contributed by atoms with Crippen LogP contribution in [0.5, 0.6) is 0 Å². The largest absolute Gasteiger partial charge is 0.398 e. The minimum atomic E-state index is -4.25.